The molecule has 0 saturated heterocycles. The number of hydrogen-bond donors (Lipinski definition) is 2. The molecule has 0 aliphatic heterocycles. The van der Waals surface area contributed by atoms with E-state index in [9.17, 15) is 0 Å². The number of carbonyl (C=O) groups is 1. The fourth-order valence-corrected chi connectivity index (χ4v) is 3.49. The maximum Gasteiger partial charge on any atom is 0.300 e. The molecule has 0 unspecified atom stereocenters. The lowest BCUT2D eigenvalue weighted by molar-refractivity contribution is -0.134. The number of fused-ring (bicyclic) bond motifs is 3. The van der Waals surface area contributed by atoms with Crippen molar-refractivity contribution in [2.45, 2.75) is 20.3 Å². The summed E-state index contributed by atoms with van der Waals surface area (Å²) in [5.74, 6) is -0.833. The molecule has 0 radical (unpaired) electrons. The smallest absolute Gasteiger partial charge is 0.300 e. The van der Waals surface area contributed by atoms with E-state index >= 15 is 0 Å². The summed E-state index contributed by atoms with van der Waals surface area (Å²) in [7, 11) is 2.06. The quantitative estimate of drug-likeness (QED) is 0.477. The van der Waals surface area contributed by atoms with Gasteiger partial charge in [0.1, 0.15) is 0 Å². The second-order valence-electron chi connectivity index (χ2n) is 6.94. The Morgan fingerprint density at radius 3 is 2.39 bits per heavy atom. The van der Waals surface area contributed by atoms with Crippen LogP contribution in [0.4, 0.5) is 0 Å². The highest BCUT2D eigenvalue weighted by molar-refractivity contribution is 6.19. The topological polar surface area (TPSA) is 66.1 Å². The number of nitrogens with one attached hydrogen (secondary N) is 1. The van der Waals surface area contributed by atoms with Crippen LogP contribution in [-0.4, -0.2) is 21.4 Å². The Kier molecular flexibility index (Phi) is 5.59. The number of aromatic nitrogens is 1. The predicted molar refractivity (Wildman–Crippen MR) is 115 cm³/mol. The van der Waals surface area contributed by atoms with E-state index in [2.05, 4.69) is 73.3 Å². The van der Waals surface area contributed by atoms with E-state index < -0.39 is 5.97 Å². The van der Waals surface area contributed by atoms with E-state index in [1.54, 1.807) is 0 Å². The minimum absolute atomic E-state index is 0.662. The highest BCUT2D eigenvalue weighted by Gasteiger charge is 2.14. The maximum absolute atomic E-state index is 9.00. The van der Waals surface area contributed by atoms with Gasteiger partial charge in [-0.15, -0.1) is 0 Å². The molecule has 28 heavy (non-hydrogen) atoms. The monoisotopic (exact) mass is 372 g/mol. The van der Waals surface area contributed by atoms with E-state index in [0.29, 0.717) is 12.1 Å². The van der Waals surface area contributed by atoms with Crippen molar-refractivity contribution in [2.75, 3.05) is 0 Å². The molecule has 4 heteroatoms. The van der Waals surface area contributed by atoms with Gasteiger partial charge in [-0.05, 0) is 34.9 Å². The van der Waals surface area contributed by atoms with Crippen molar-refractivity contribution in [3.63, 3.8) is 0 Å². The molecular formula is C24H24N2O2. The average Bonchev–Trinajstić information content (AvgIpc) is 3.00. The molecule has 0 atom stereocenters. The second kappa shape index (κ2) is 8.09. The van der Waals surface area contributed by atoms with Gasteiger partial charge in [-0.3, -0.25) is 4.79 Å². The van der Waals surface area contributed by atoms with E-state index in [1.165, 1.54) is 32.8 Å². The molecule has 0 aliphatic rings. The van der Waals surface area contributed by atoms with Gasteiger partial charge in [0.2, 0.25) is 0 Å². The molecule has 142 valence electrons. The summed E-state index contributed by atoms with van der Waals surface area (Å²) in [6, 6.07) is 21.1. The summed E-state index contributed by atoms with van der Waals surface area (Å²) < 4.78 is 2.13. The molecule has 4 aromatic rings. The van der Waals surface area contributed by atoms with E-state index in [1.807, 2.05) is 12.1 Å². The van der Waals surface area contributed by atoms with Crippen LogP contribution in [0.25, 0.3) is 21.7 Å². The SMILES string of the molecule is CC(=O)O.Cc1ccccc1CC(=N)c1cn(C)c2ccc3ccccc3c12. The van der Waals surface area contributed by atoms with Gasteiger partial charge < -0.3 is 15.1 Å². The lowest BCUT2D eigenvalue weighted by atomic mass is 9.96. The standard InChI is InChI=1S/C22H20N2.C2H4O2/c1-15-7-3-4-9-17(15)13-20(23)19-14-24(2)21-12-11-16-8-5-6-10-18(16)22(19)21;1-2(3)4/h3-12,14,23H,13H2,1-2H3;1H3,(H,3,4). The number of carboxylic acids is 1. The first kappa shape index (κ1) is 19.4. The van der Waals surface area contributed by atoms with Gasteiger partial charge in [-0.25, -0.2) is 0 Å². The van der Waals surface area contributed by atoms with Crippen LogP contribution in [0.2, 0.25) is 0 Å². The largest absolute Gasteiger partial charge is 0.481 e. The van der Waals surface area contributed by atoms with E-state index in [4.69, 9.17) is 15.3 Å². The number of hydrogen-bond acceptors (Lipinski definition) is 2. The Balaban J connectivity index is 0.000000516. The molecule has 0 aliphatic carbocycles. The van der Waals surface area contributed by atoms with Gasteiger partial charge in [0.15, 0.2) is 0 Å². The molecule has 1 aromatic heterocycles. The third-order valence-electron chi connectivity index (χ3n) is 4.83. The molecule has 0 bridgehead atoms. The summed E-state index contributed by atoms with van der Waals surface area (Å²) in [5.41, 5.74) is 5.35. The van der Waals surface area contributed by atoms with Crippen LogP contribution >= 0.6 is 0 Å². The predicted octanol–water partition coefficient (Wildman–Crippen LogP) is 5.34. The fourth-order valence-electron chi connectivity index (χ4n) is 3.49. The van der Waals surface area contributed by atoms with Crippen LogP contribution in [0.5, 0.6) is 0 Å². The van der Waals surface area contributed by atoms with E-state index in [-0.39, 0.29) is 0 Å². The fraction of sp³-hybridized carbons (Fsp3) is 0.167. The Morgan fingerprint density at radius 2 is 1.68 bits per heavy atom. The minimum Gasteiger partial charge on any atom is -0.481 e. The highest BCUT2D eigenvalue weighted by atomic mass is 16.4. The van der Waals surface area contributed by atoms with Crippen molar-refractivity contribution in [1.82, 2.24) is 4.57 Å². The van der Waals surface area contributed by atoms with Gasteiger partial charge >= 0.3 is 0 Å². The zero-order chi connectivity index (χ0) is 20.3. The zero-order valence-corrected chi connectivity index (χ0v) is 16.4. The van der Waals surface area contributed by atoms with Crippen LogP contribution < -0.4 is 0 Å². The Labute approximate surface area is 164 Å². The van der Waals surface area contributed by atoms with Gasteiger partial charge in [0.05, 0.1) is 0 Å². The maximum atomic E-state index is 9.00. The number of aliphatic carboxylic acids is 1. The summed E-state index contributed by atoms with van der Waals surface area (Å²) in [6.45, 7) is 3.20. The third-order valence-corrected chi connectivity index (χ3v) is 4.83. The van der Waals surface area contributed by atoms with Crippen LogP contribution in [0.15, 0.2) is 66.9 Å². The van der Waals surface area contributed by atoms with Crippen LogP contribution in [0.1, 0.15) is 23.6 Å². The molecule has 0 fully saturated rings. The molecule has 0 spiro atoms. The number of carboxylic acid groups (broad SMARTS) is 1. The van der Waals surface area contributed by atoms with Gasteiger partial charge in [-0.1, -0.05) is 54.6 Å². The first-order valence-corrected chi connectivity index (χ1v) is 9.17. The van der Waals surface area contributed by atoms with Gasteiger partial charge in [0, 0.05) is 48.8 Å². The highest BCUT2D eigenvalue weighted by Crippen LogP contribution is 2.30. The Bertz CT molecular complexity index is 1170. The lowest BCUT2D eigenvalue weighted by Crippen LogP contribution is -2.04. The lowest BCUT2D eigenvalue weighted by Gasteiger charge is -2.08. The number of aryl methyl sites for hydroxylation is 2. The number of rotatable bonds is 3. The summed E-state index contributed by atoms with van der Waals surface area (Å²) in [4.78, 5) is 9.00. The van der Waals surface area contributed by atoms with Crippen molar-refractivity contribution < 1.29 is 9.90 Å². The molecule has 0 amide bonds. The van der Waals surface area contributed by atoms with Crippen LogP contribution in [-0.2, 0) is 18.3 Å². The number of benzene rings is 3. The Hall–Kier alpha value is -3.40. The molecule has 3 aromatic carbocycles. The first-order chi connectivity index (χ1) is 13.4. The molecule has 1 heterocycles. The van der Waals surface area contributed by atoms with Crippen molar-refractivity contribution in [3.05, 3.63) is 83.6 Å². The zero-order valence-electron chi connectivity index (χ0n) is 16.4. The summed E-state index contributed by atoms with van der Waals surface area (Å²) in [5, 5.41) is 19.8. The van der Waals surface area contributed by atoms with Gasteiger partial charge in [0.25, 0.3) is 5.97 Å². The average molecular weight is 372 g/mol. The third kappa shape index (κ3) is 3.96. The molecule has 0 saturated carbocycles. The molecular weight excluding hydrogens is 348 g/mol. The number of nitrogens with zero attached hydrogens (tertiary/aromatic N) is 1. The minimum atomic E-state index is -0.833. The summed E-state index contributed by atoms with van der Waals surface area (Å²) in [6.07, 6.45) is 2.76. The van der Waals surface area contributed by atoms with Crippen LogP contribution in [0, 0.1) is 12.3 Å². The Morgan fingerprint density at radius 1 is 1.04 bits per heavy atom. The van der Waals surface area contributed by atoms with Crippen molar-refractivity contribution >= 4 is 33.4 Å². The first-order valence-electron chi connectivity index (χ1n) is 9.17. The summed E-state index contributed by atoms with van der Waals surface area (Å²) >= 11 is 0. The van der Waals surface area contributed by atoms with Gasteiger partial charge in [-0.2, -0.15) is 0 Å². The molecule has 4 nitrogen and oxygen atoms in total. The molecule has 2 N–H and O–H groups in total. The molecule has 4 rings (SSSR count). The van der Waals surface area contributed by atoms with Crippen molar-refractivity contribution in [3.8, 4) is 0 Å². The second-order valence-corrected chi connectivity index (χ2v) is 6.94. The van der Waals surface area contributed by atoms with E-state index in [0.717, 1.165) is 12.5 Å². The van der Waals surface area contributed by atoms with Crippen molar-refractivity contribution in [1.29, 1.82) is 5.41 Å². The normalized spacial score (nSPS) is 10.5. The van der Waals surface area contributed by atoms with Crippen LogP contribution in [0.3, 0.4) is 0 Å². The van der Waals surface area contributed by atoms with Crippen molar-refractivity contribution in [2.24, 2.45) is 7.05 Å².